The van der Waals surface area contributed by atoms with Crippen molar-refractivity contribution in [2.24, 2.45) is 0 Å². The third-order valence-corrected chi connectivity index (χ3v) is 5.00. The van der Waals surface area contributed by atoms with Crippen LogP contribution in [0.15, 0.2) is 65.8 Å². The molecule has 2 aromatic heterocycles. The molecule has 2 heterocycles. The molecule has 4 aromatic rings. The maximum Gasteiger partial charge on any atom is 0.264 e. The smallest absolute Gasteiger partial charge is 0.264 e. The number of aromatic nitrogens is 4. The number of carbonyl (C=O) groups is 1. The summed E-state index contributed by atoms with van der Waals surface area (Å²) in [4.78, 5) is 29.5. The number of nitrogens with zero attached hydrogens (tertiary/aromatic N) is 4. The Morgan fingerprint density at radius 2 is 1.84 bits per heavy atom. The lowest BCUT2D eigenvalue weighted by atomic mass is 10.1. The van der Waals surface area contributed by atoms with E-state index < -0.39 is 0 Å². The van der Waals surface area contributed by atoms with Gasteiger partial charge >= 0.3 is 0 Å². The SMILES string of the molecule is CCCCc1ccc(NC(=O)Cn2cnc3c(cnn3-c3ccc(F)cc3)c2=O)cc1. The van der Waals surface area contributed by atoms with E-state index in [0.717, 1.165) is 19.3 Å². The van der Waals surface area contributed by atoms with Crippen LogP contribution < -0.4 is 10.9 Å². The highest BCUT2D eigenvalue weighted by Crippen LogP contribution is 2.15. The fraction of sp³-hybridized carbons (Fsp3) is 0.217. The maximum atomic E-state index is 13.2. The quantitative estimate of drug-likeness (QED) is 0.495. The second kappa shape index (κ2) is 8.91. The molecule has 0 unspecified atom stereocenters. The van der Waals surface area contributed by atoms with Crippen molar-refractivity contribution in [1.29, 1.82) is 0 Å². The van der Waals surface area contributed by atoms with E-state index in [1.807, 2.05) is 24.3 Å². The summed E-state index contributed by atoms with van der Waals surface area (Å²) >= 11 is 0. The molecular formula is C23H22FN5O2. The summed E-state index contributed by atoms with van der Waals surface area (Å²) in [6.45, 7) is 1.98. The van der Waals surface area contributed by atoms with E-state index in [0.29, 0.717) is 17.0 Å². The van der Waals surface area contributed by atoms with E-state index in [4.69, 9.17) is 0 Å². The van der Waals surface area contributed by atoms with Gasteiger partial charge in [-0.1, -0.05) is 25.5 Å². The van der Waals surface area contributed by atoms with Crippen LogP contribution in [0.1, 0.15) is 25.3 Å². The van der Waals surface area contributed by atoms with Crippen LogP contribution >= 0.6 is 0 Å². The summed E-state index contributed by atoms with van der Waals surface area (Å²) < 4.78 is 15.9. The van der Waals surface area contributed by atoms with Crippen LogP contribution in [-0.2, 0) is 17.8 Å². The van der Waals surface area contributed by atoms with Crippen molar-refractivity contribution in [1.82, 2.24) is 19.3 Å². The number of nitrogens with one attached hydrogen (secondary N) is 1. The Labute approximate surface area is 178 Å². The van der Waals surface area contributed by atoms with Crippen molar-refractivity contribution in [3.05, 3.63) is 82.8 Å². The number of rotatable bonds is 7. The monoisotopic (exact) mass is 419 g/mol. The van der Waals surface area contributed by atoms with Crippen LogP contribution in [0.2, 0.25) is 0 Å². The molecule has 4 rings (SSSR count). The highest BCUT2D eigenvalue weighted by atomic mass is 19.1. The van der Waals surface area contributed by atoms with Gasteiger partial charge in [-0.25, -0.2) is 14.1 Å². The van der Waals surface area contributed by atoms with Crippen molar-refractivity contribution >= 4 is 22.6 Å². The topological polar surface area (TPSA) is 81.8 Å². The molecule has 0 bridgehead atoms. The maximum absolute atomic E-state index is 13.2. The average Bonchev–Trinajstić information content (AvgIpc) is 3.21. The molecule has 1 N–H and O–H groups in total. The highest BCUT2D eigenvalue weighted by Gasteiger charge is 2.13. The number of anilines is 1. The Balaban J connectivity index is 1.49. The molecule has 0 fully saturated rings. The van der Waals surface area contributed by atoms with E-state index in [1.54, 1.807) is 12.1 Å². The Morgan fingerprint density at radius 1 is 1.10 bits per heavy atom. The van der Waals surface area contributed by atoms with Crippen LogP contribution in [0, 0.1) is 5.82 Å². The minimum absolute atomic E-state index is 0.166. The van der Waals surface area contributed by atoms with Crippen molar-refractivity contribution in [2.75, 3.05) is 5.32 Å². The molecule has 0 radical (unpaired) electrons. The molecule has 158 valence electrons. The van der Waals surface area contributed by atoms with Crippen LogP contribution in [0.3, 0.4) is 0 Å². The van der Waals surface area contributed by atoms with Crippen molar-refractivity contribution in [3.63, 3.8) is 0 Å². The van der Waals surface area contributed by atoms with Gasteiger partial charge in [-0.2, -0.15) is 5.10 Å². The summed E-state index contributed by atoms with van der Waals surface area (Å²) in [7, 11) is 0. The molecule has 0 aliphatic rings. The summed E-state index contributed by atoms with van der Waals surface area (Å²) in [6, 6.07) is 13.4. The van der Waals surface area contributed by atoms with Crippen LogP contribution in [0.4, 0.5) is 10.1 Å². The number of fused-ring (bicyclic) bond motifs is 1. The number of benzene rings is 2. The predicted molar refractivity (Wildman–Crippen MR) is 117 cm³/mol. The largest absolute Gasteiger partial charge is 0.325 e. The molecule has 1 amide bonds. The van der Waals surface area contributed by atoms with E-state index >= 15 is 0 Å². The lowest BCUT2D eigenvalue weighted by molar-refractivity contribution is -0.116. The van der Waals surface area contributed by atoms with Gasteiger partial charge in [0.05, 0.1) is 11.9 Å². The lowest BCUT2D eigenvalue weighted by Crippen LogP contribution is -2.27. The van der Waals surface area contributed by atoms with E-state index in [2.05, 4.69) is 22.3 Å². The first kappa shape index (κ1) is 20.5. The van der Waals surface area contributed by atoms with Crippen LogP contribution in [0.25, 0.3) is 16.7 Å². The summed E-state index contributed by atoms with van der Waals surface area (Å²) in [6.07, 6.45) is 5.99. The third-order valence-electron chi connectivity index (χ3n) is 5.00. The minimum Gasteiger partial charge on any atom is -0.325 e. The van der Waals surface area contributed by atoms with E-state index in [9.17, 15) is 14.0 Å². The van der Waals surface area contributed by atoms with Gasteiger partial charge in [-0.05, 0) is 54.8 Å². The molecular weight excluding hydrogens is 397 g/mol. The number of unbranched alkanes of at least 4 members (excludes halogenated alkanes) is 1. The summed E-state index contributed by atoms with van der Waals surface area (Å²) in [5.41, 5.74) is 2.46. The van der Waals surface area contributed by atoms with Gasteiger partial charge in [0.25, 0.3) is 5.56 Å². The fourth-order valence-electron chi connectivity index (χ4n) is 3.32. The zero-order valence-electron chi connectivity index (χ0n) is 17.1. The van der Waals surface area contributed by atoms with Gasteiger partial charge in [0.1, 0.15) is 24.1 Å². The summed E-state index contributed by atoms with van der Waals surface area (Å²) in [5.74, 6) is -0.687. The van der Waals surface area contributed by atoms with Crippen molar-refractivity contribution in [2.45, 2.75) is 32.7 Å². The number of halogens is 1. The fourth-order valence-corrected chi connectivity index (χ4v) is 3.32. The van der Waals surface area contributed by atoms with Gasteiger partial charge in [0, 0.05) is 5.69 Å². The molecule has 0 saturated heterocycles. The number of aryl methyl sites for hydroxylation is 1. The zero-order chi connectivity index (χ0) is 21.8. The molecule has 0 saturated carbocycles. The van der Waals surface area contributed by atoms with Crippen LogP contribution in [0.5, 0.6) is 0 Å². The highest BCUT2D eigenvalue weighted by molar-refractivity contribution is 5.90. The van der Waals surface area contributed by atoms with Crippen molar-refractivity contribution in [3.8, 4) is 5.69 Å². The van der Waals surface area contributed by atoms with Gasteiger partial charge in [0.2, 0.25) is 5.91 Å². The number of hydrogen-bond donors (Lipinski definition) is 1. The molecule has 0 aliphatic carbocycles. The van der Waals surface area contributed by atoms with Gasteiger partial charge in [-0.15, -0.1) is 0 Å². The van der Waals surface area contributed by atoms with Gasteiger partial charge in [-0.3, -0.25) is 14.2 Å². The van der Waals surface area contributed by atoms with Crippen LogP contribution in [-0.4, -0.2) is 25.2 Å². The summed E-state index contributed by atoms with van der Waals surface area (Å²) in [5, 5.41) is 7.27. The van der Waals surface area contributed by atoms with E-state index in [1.165, 1.54) is 39.5 Å². The molecule has 0 atom stereocenters. The lowest BCUT2D eigenvalue weighted by Gasteiger charge is -2.08. The standard InChI is InChI=1S/C23H22FN5O2/c1-2-3-4-16-5-9-18(10-6-16)27-21(30)14-28-15-25-22-20(23(28)31)13-26-29(22)19-11-7-17(24)8-12-19/h5-13,15H,2-4,14H2,1H3,(H,27,30). The first-order chi connectivity index (χ1) is 15.0. The third kappa shape index (κ3) is 4.53. The first-order valence-electron chi connectivity index (χ1n) is 10.1. The normalized spacial score (nSPS) is 11.0. The number of carbonyl (C=O) groups excluding carboxylic acids is 1. The molecule has 0 aliphatic heterocycles. The Bertz CT molecular complexity index is 1260. The molecule has 2 aromatic carbocycles. The Kier molecular flexibility index (Phi) is 5.88. The Morgan fingerprint density at radius 3 is 2.55 bits per heavy atom. The van der Waals surface area contributed by atoms with Gasteiger partial charge in [0.15, 0.2) is 5.65 Å². The second-order valence-corrected chi connectivity index (χ2v) is 7.30. The predicted octanol–water partition coefficient (Wildman–Crippen LogP) is 3.70. The van der Waals surface area contributed by atoms with Gasteiger partial charge < -0.3 is 5.32 Å². The molecule has 31 heavy (non-hydrogen) atoms. The number of amides is 1. The minimum atomic E-state index is -0.372. The average molecular weight is 419 g/mol. The molecule has 7 nitrogen and oxygen atoms in total. The second-order valence-electron chi connectivity index (χ2n) is 7.30. The zero-order valence-corrected chi connectivity index (χ0v) is 17.1. The molecule has 0 spiro atoms. The van der Waals surface area contributed by atoms with E-state index in [-0.39, 0.29) is 29.2 Å². The van der Waals surface area contributed by atoms with Crippen molar-refractivity contribution < 1.29 is 9.18 Å². The Hall–Kier alpha value is -3.81. The molecule has 8 heteroatoms. The number of hydrogen-bond acceptors (Lipinski definition) is 4. The first-order valence-corrected chi connectivity index (χ1v) is 10.1.